The van der Waals surface area contributed by atoms with Gasteiger partial charge in [-0.25, -0.2) is 13.4 Å². The third-order valence-corrected chi connectivity index (χ3v) is 8.37. The number of fused-ring (bicyclic) bond motifs is 1. The summed E-state index contributed by atoms with van der Waals surface area (Å²) in [7, 11) is -2.09. The first-order valence-corrected chi connectivity index (χ1v) is 13.3. The van der Waals surface area contributed by atoms with E-state index in [9.17, 15) is 8.42 Å². The molecule has 9 nitrogen and oxygen atoms in total. The maximum Gasteiger partial charge on any atom is 0.254 e. The van der Waals surface area contributed by atoms with Crippen LogP contribution >= 0.6 is 0 Å². The van der Waals surface area contributed by atoms with Crippen molar-refractivity contribution in [2.75, 3.05) is 38.2 Å². The number of hydrogen-bond donors (Lipinski definition) is 0. The zero-order valence-corrected chi connectivity index (χ0v) is 21.7. The third-order valence-electron chi connectivity index (χ3n) is 6.48. The van der Waals surface area contributed by atoms with Gasteiger partial charge in [0, 0.05) is 44.0 Å². The molecule has 188 valence electrons. The summed E-state index contributed by atoms with van der Waals surface area (Å²) < 4.78 is 34.7. The Bertz CT molecular complexity index is 1480. The Morgan fingerprint density at radius 1 is 0.944 bits per heavy atom. The molecule has 0 atom stereocenters. The summed E-state index contributed by atoms with van der Waals surface area (Å²) in [6, 6.07) is 17.0. The number of nitrogens with zero attached hydrogens (tertiary/aromatic N) is 6. The number of piperazine rings is 1. The molecule has 0 spiro atoms. The number of methoxy groups -OCH3 is 1. The summed E-state index contributed by atoms with van der Waals surface area (Å²) in [5.74, 6) is 1.56. The Morgan fingerprint density at radius 3 is 2.33 bits per heavy atom. The highest BCUT2D eigenvalue weighted by Crippen LogP contribution is 2.27. The predicted octanol–water partition coefficient (Wildman–Crippen LogP) is 3.61. The lowest BCUT2D eigenvalue weighted by atomic mass is 9.86. The molecule has 0 bridgehead atoms. The maximum absolute atomic E-state index is 13.1. The van der Waals surface area contributed by atoms with Crippen LogP contribution in [0.5, 0.6) is 5.75 Å². The van der Waals surface area contributed by atoms with Crippen molar-refractivity contribution in [2.24, 2.45) is 0 Å². The van der Waals surface area contributed by atoms with Gasteiger partial charge in [-0.15, -0.1) is 5.10 Å². The van der Waals surface area contributed by atoms with E-state index in [0.29, 0.717) is 43.7 Å². The summed E-state index contributed by atoms with van der Waals surface area (Å²) in [6.07, 6.45) is 1.74. The monoisotopic (exact) mass is 506 g/mol. The van der Waals surface area contributed by atoms with E-state index in [-0.39, 0.29) is 10.3 Å². The molecule has 0 radical (unpaired) electrons. The van der Waals surface area contributed by atoms with Gasteiger partial charge < -0.3 is 9.64 Å². The normalized spacial score (nSPS) is 15.4. The molecule has 0 N–H and O–H groups in total. The molecule has 10 heteroatoms. The second kappa shape index (κ2) is 9.18. The molecule has 1 fully saturated rings. The summed E-state index contributed by atoms with van der Waals surface area (Å²) >= 11 is 0. The van der Waals surface area contributed by atoms with Crippen LogP contribution in [0.3, 0.4) is 0 Å². The highest BCUT2D eigenvalue weighted by atomic mass is 32.2. The van der Waals surface area contributed by atoms with Crippen LogP contribution < -0.4 is 9.64 Å². The number of ether oxygens (including phenoxy) is 1. The number of anilines is 1. The van der Waals surface area contributed by atoms with Crippen molar-refractivity contribution in [1.82, 2.24) is 23.9 Å². The van der Waals surface area contributed by atoms with Crippen molar-refractivity contribution in [3.05, 3.63) is 66.4 Å². The maximum atomic E-state index is 13.1. The first-order chi connectivity index (χ1) is 17.2. The van der Waals surface area contributed by atoms with Crippen LogP contribution in [-0.2, 0) is 15.4 Å². The van der Waals surface area contributed by atoms with Crippen LogP contribution in [0.1, 0.15) is 26.3 Å². The van der Waals surface area contributed by atoms with Crippen LogP contribution in [0.15, 0.2) is 65.7 Å². The fourth-order valence-electron chi connectivity index (χ4n) is 4.32. The molecule has 0 unspecified atom stereocenters. The first kappa shape index (κ1) is 24.2. The lowest BCUT2D eigenvalue weighted by molar-refractivity contribution is 0.381. The summed E-state index contributed by atoms with van der Waals surface area (Å²) in [6.45, 7) is 8.22. The molecule has 0 aliphatic carbocycles. The Balaban J connectivity index is 1.36. The molecule has 36 heavy (non-hydrogen) atoms. The Hall–Kier alpha value is -3.50. The molecule has 0 saturated carbocycles. The molecule has 1 saturated heterocycles. The van der Waals surface area contributed by atoms with Crippen molar-refractivity contribution in [3.63, 3.8) is 0 Å². The number of sulfonamides is 1. The SMILES string of the molecule is COc1cccc(S(=O)(=O)N2CCN(c3nc4nccc(-c5ccc(C(C)(C)C)cc5)n4n3)CC2)c1. The van der Waals surface area contributed by atoms with E-state index in [1.165, 1.54) is 17.0 Å². The Morgan fingerprint density at radius 2 is 1.67 bits per heavy atom. The lowest BCUT2D eigenvalue weighted by Crippen LogP contribution is -2.49. The van der Waals surface area contributed by atoms with Gasteiger partial charge in [0.2, 0.25) is 16.0 Å². The van der Waals surface area contributed by atoms with E-state index >= 15 is 0 Å². The largest absolute Gasteiger partial charge is 0.497 e. The molecule has 2 aromatic carbocycles. The number of rotatable bonds is 5. The Kier molecular flexibility index (Phi) is 6.17. The lowest BCUT2D eigenvalue weighted by Gasteiger charge is -2.33. The second-order valence-electron chi connectivity index (χ2n) is 9.85. The fraction of sp³-hybridized carbons (Fsp3) is 0.346. The molecule has 4 aromatic rings. The first-order valence-electron chi connectivity index (χ1n) is 11.9. The van der Waals surface area contributed by atoms with Gasteiger partial charge in [0.15, 0.2) is 0 Å². The van der Waals surface area contributed by atoms with E-state index in [0.717, 1.165) is 11.3 Å². The molecule has 5 rings (SSSR count). The minimum absolute atomic E-state index is 0.0781. The van der Waals surface area contributed by atoms with E-state index in [1.54, 1.807) is 35.0 Å². The van der Waals surface area contributed by atoms with E-state index in [1.807, 2.05) is 11.0 Å². The molecule has 1 aliphatic rings. The predicted molar refractivity (Wildman–Crippen MR) is 139 cm³/mol. The molecule has 1 aliphatic heterocycles. The van der Waals surface area contributed by atoms with E-state index < -0.39 is 10.0 Å². The second-order valence-corrected chi connectivity index (χ2v) is 11.8. The quantitative estimate of drug-likeness (QED) is 0.408. The van der Waals surface area contributed by atoms with Gasteiger partial charge in [-0.3, -0.25) is 0 Å². The van der Waals surface area contributed by atoms with Gasteiger partial charge in [0.1, 0.15) is 5.75 Å². The van der Waals surface area contributed by atoms with Crippen molar-refractivity contribution in [2.45, 2.75) is 31.1 Å². The third kappa shape index (κ3) is 4.54. The smallest absolute Gasteiger partial charge is 0.254 e. The standard InChI is InChI=1S/C26H30N6O3S/c1-26(2,3)20-10-8-19(9-11-20)23-12-13-27-24-28-25(29-32(23)24)30-14-16-31(17-15-30)36(33,34)22-7-5-6-21(18-22)35-4/h5-13,18H,14-17H2,1-4H3. The molecular formula is C26H30N6O3S. The zero-order chi connectivity index (χ0) is 25.5. The Labute approximate surface area is 211 Å². The molecule has 0 amide bonds. The fourth-order valence-corrected chi connectivity index (χ4v) is 5.77. The van der Waals surface area contributed by atoms with Crippen molar-refractivity contribution >= 4 is 21.7 Å². The van der Waals surface area contributed by atoms with Gasteiger partial charge >= 0.3 is 0 Å². The number of benzene rings is 2. The summed E-state index contributed by atoms with van der Waals surface area (Å²) in [4.78, 5) is 11.3. The molecular weight excluding hydrogens is 476 g/mol. The summed E-state index contributed by atoms with van der Waals surface area (Å²) in [5.41, 5.74) is 3.27. The van der Waals surface area contributed by atoms with Gasteiger partial charge in [0.25, 0.3) is 5.78 Å². The van der Waals surface area contributed by atoms with E-state index in [4.69, 9.17) is 9.84 Å². The average molecular weight is 507 g/mol. The number of aromatic nitrogens is 4. The van der Waals surface area contributed by atoms with Gasteiger partial charge in [-0.1, -0.05) is 51.1 Å². The van der Waals surface area contributed by atoms with Crippen LogP contribution in [0.25, 0.3) is 17.0 Å². The van der Waals surface area contributed by atoms with Crippen molar-refractivity contribution in [1.29, 1.82) is 0 Å². The van der Waals surface area contributed by atoms with Crippen molar-refractivity contribution in [3.8, 4) is 17.0 Å². The van der Waals surface area contributed by atoms with E-state index in [2.05, 4.69) is 55.0 Å². The highest BCUT2D eigenvalue weighted by molar-refractivity contribution is 7.89. The van der Waals surface area contributed by atoms with Crippen molar-refractivity contribution < 1.29 is 13.2 Å². The topological polar surface area (TPSA) is 92.9 Å². The zero-order valence-electron chi connectivity index (χ0n) is 20.9. The van der Waals surface area contributed by atoms with Crippen LogP contribution in [0, 0.1) is 0 Å². The van der Waals surface area contributed by atoms with Gasteiger partial charge in [-0.2, -0.15) is 13.8 Å². The van der Waals surface area contributed by atoms with Gasteiger partial charge in [-0.05, 0) is 29.2 Å². The average Bonchev–Trinajstić information content (AvgIpc) is 3.33. The minimum Gasteiger partial charge on any atom is -0.497 e. The van der Waals surface area contributed by atoms with Crippen LogP contribution in [-0.4, -0.2) is 65.6 Å². The highest BCUT2D eigenvalue weighted by Gasteiger charge is 2.30. The van der Waals surface area contributed by atoms with Crippen LogP contribution in [0.2, 0.25) is 0 Å². The van der Waals surface area contributed by atoms with Gasteiger partial charge in [0.05, 0.1) is 17.7 Å². The number of hydrogen-bond acceptors (Lipinski definition) is 7. The minimum atomic E-state index is -3.61. The van der Waals surface area contributed by atoms with Crippen LogP contribution in [0.4, 0.5) is 5.95 Å². The molecule has 3 heterocycles. The molecule has 2 aromatic heterocycles. The summed E-state index contributed by atoms with van der Waals surface area (Å²) in [5, 5.41) is 4.74.